The highest BCUT2D eigenvalue weighted by atomic mass is 19.3. The topological polar surface area (TPSA) is 101 Å². The van der Waals surface area contributed by atoms with Gasteiger partial charge in [-0.15, -0.1) is 0 Å². The third-order valence-corrected chi connectivity index (χ3v) is 5.82. The van der Waals surface area contributed by atoms with Gasteiger partial charge in [0.25, 0.3) is 5.91 Å². The van der Waals surface area contributed by atoms with Gasteiger partial charge in [-0.25, -0.2) is 0 Å². The number of benzene rings is 1. The van der Waals surface area contributed by atoms with E-state index in [-0.39, 0.29) is 25.0 Å². The number of carbonyl (C=O) groups is 3. The van der Waals surface area contributed by atoms with Crippen molar-refractivity contribution in [2.75, 3.05) is 7.05 Å². The second-order valence-electron chi connectivity index (χ2n) is 8.74. The minimum Gasteiger partial charge on any atom is -0.489 e. The molecule has 0 aliphatic carbocycles. The Morgan fingerprint density at radius 1 is 1.28 bits per heavy atom. The van der Waals surface area contributed by atoms with Crippen molar-refractivity contribution in [3.8, 4) is 5.75 Å². The number of nitrogens with one attached hydrogen (secondary N) is 2. The van der Waals surface area contributed by atoms with Gasteiger partial charge in [-0.3, -0.25) is 14.6 Å². The molecule has 1 aliphatic rings. The van der Waals surface area contributed by atoms with Crippen LogP contribution in [0.5, 0.6) is 5.75 Å². The number of hydrogen-bond donors (Lipinski definition) is 2. The van der Waals surface area contributed by atoms with E-state index < -0.39 is 23.6 Å². The number of nitrogens with zero attached hydrogens (tertiary/aromatic N) is 2. The summed E-state index contributed by atoms with van der Waals surface area (Å²) in [5.74, 6) is -5.17. The highest BCUT2D eigenvalue weighted by molar-refractivity contribution is 5.85. The molecule has 2 heterocycles. The van der Waals surface area contributed by atoms with E-state index in [0.29, 0.717) is 30.0 Å². The summed E-state index contributed by atoms with van der Waals surface area (Å²) in [5.41, 5.74) is 2.25. The fraction of sp³-hybridized carbons (Fsp3) is 0.385. The highest BCUT2D eigenvalue weighted by Gasteiger charge is 2.42. The summed E-state index contributed by atoms with van der Waals surface area (Å²) in [6, 6.07) is 7.14. The smallest absolute Gasteiger partial charge is 0.366 e. The highest BCUT2D eigenvalue weighted by Crippen LogP contribution is 2.35. The van der Waals surface area contributed by atoms with E-state index >= 15 is 0 Å². The second-order valence-corrected chi connectivity index (χ2v) is 8.74. The predicted molar refractivity (Wildman–Crippen MR) is 130 cm³/mol. The molecule has 0 bridgehead atoms. The molecular formula is C26H30F2N4O4. The van der Waals surface area contributed by atoms with Gasteiger partial charge in [-0.1, -0.05) is 24.8 Å². The van der Waals surface area contributed by atoms with Gasteiger partial charge in [0.05, 0.1) is 12.3 Å². The van der Waals surface area contributed by atoms with E-state index in [1.165, 1.54) is 13.1 Å². The monoisotopic (exact) mass is 500 g/mol. The Bertz CT molecular complexity index is 1140. The summed E-state index contributed by atoms with van der Waals surface area (Å²) < 4.78 is 34.7. The fourth-order valence-corrected chi connectivity index (χ4v) is 4.04. The zero-order chi connectivity index (χ0) is 26.5. The summed E-state index contributed by atoms with van der Waals surface area (Å²) in [7, 11) is 1.53. The van der Waals surface area contributed by atoms with Crippen molar-refractivity contribution in [1.82, 2.24) is 20.5 Å². The van der Waals surface area contributed by atoms with Gasteiger partial charge in [-0.2, -0.15) is 8.78 Å². The molecule has 2 N–H and O–H groups in total. The molecule has 1 aromatic heterocycles. The molecule has 1 aliphatic heterocycles. The molecular weight excluding hydrogens is 470 g/mol. The Morgan fingerprint density at radius 3 is 2.64 bits per heavy atom. The molecule has 0 saturated carbocycles. The van der Waals surface area contributed by atoms with Crippen LogP contribution < -0.4 is 15.4 Å². The van der Waals surface area contributed by atoms with Gasteiger partial charge < -0.3 is 25.1 Å². The maximum atomic E-state index is 14.7. The number of amides is 2. The van der Waals surface area contributed by atoms with E-state index in [2.05, 4.69) is 22.2 Å². The first kappa shape index (κ1) is 26.8. The number of fused-ring (bicyclic) bond motifs is 1. The number of hydrogen-bond acceptors (Lipinski definition) is 6. The number of halogens is 2. The van der Waals surface area contributed by atoms with Crippen molar-refractivity contribution < 1.29 is 27.9 Å². The molecule has 0 radical (unpaired) electrons. The minimum atomic E-state index is -3.82. The van der Waals surface area contributed by atoms with Crippen molar-refractivity contribution >= 4 is 23.8 Å². The number of pyridine rings is 1. The maximum absolute atomic E-state index is 14.7. The van der Waals surface area contributed by atoms with Crippen LogP contribution in [0.1, 0.15) is 49.1 Å². The fourth-order valence-electron chi connectivity index (χ4n) is 4.04. The van der Waals surface area contributed by atoms with Crippen molar-refractivity contribution in [1.29, 1.82) is 0 Å². The summed E-state index contributed by atoms with van der Waals surface area (Å²) in [5, 5.41) is 4.89. The normalized spacial score (nSPS) is 13.8. The van der Waals surface area contributed by atoms with Crippen LogP contribution in [0.4, 0.5) is 8.78 Å². The molecule has 10 heteroatoms. The molecule has 8 nitrogen and oxygen atoms in total. The van der Waals surface area contributed by atoms with Crippen LogP contribution in [0, 0.1) is 0 Å². The van der Waals surface area contributed by atoms with Crippen LogP contribution >= 0.6 is 0 Å². The molecule has 2 amide bonds. The number of ether oxygens (including phenoxy) is 1. The summed E-state index contributed by atoms with van der Waals surface area (Å²) >= 11 is 0. The Labute approximate surface area is 208 Å². The summed E-state index contributed by atoms with van der Waals surface area (Å²) in [6.07, 6.45) is 2.36. The number of aromatic nitrogens is 1. The first-order chi connectivity index (χ1) is 17.1. The lowest BCUT2D eigenvalue weighted by Crippen LogP contribution is -2.42. The first-order valence-corrected chi connectivity index (χ1v) is 11.6. The molecule has 2 aromatic rings. The van der Waals surface area contributed by atoms with Crippen LogP contribution in [0.3, 0.4) is 0 Å². The lowest BCUT2D eigenvalue weighted by molar-refractivity contribution is -0.147. The van der Waals surface area contributed by atoms with Gasteiger partial charge in [-0.05, 0) is 43.5 Å². The lowest BCUT2D eigenvalue weighted by atomic mass is 10.0. The molecule has 3 rings (SSSR count). The average Bonchev–Trinajstić information content (AvgIpc) is 3.17. The molecule has 1 unspecified atom stereocenters. The Morgan fingerprint density at radius 2 is 2.03 bits per heavy atom. The number of likely N-dealkylation sites (N-methyl/N-ethyl adjacent to an activating group) is 1. The van der Waals surface area contributed by atoms with Crippen molar-refractivity contribution in [2.24, 2.45) is 0 Å². The Balaban J connectivity index is 1.67. The third kappa shape index (κ3) is 5.87. The molecule has 0 fully saturated rings. The van der Waals surface area contributed by atoms with Gasteiger partial charge in [0.2, 0.25) is 5.91 Å². The van der Waals surface area contributed by atoms with Gasteiger partial charge in [0.15, 0.2) is 0 Å². The van der Waals surface area contributed by atoms with Crippen LogP contribution in [-0.2, 0) is 33.4 Å². The van der Waals surface area contributed by atoms with E-state index in [9.17, 15) is 23.2 Å². The Hall–Kier alpha value is -3.82. The van der Waals surface area contributed by atoms with Gasteiger partial charge in [0, 0.05) is 37.8 Å². The lowest BCUT2D eigenvalue weighted by Gasteiger charge is -2.28. The maximum Gasteiger partial charge on any atom is 0.366 e. The van der Waals surface area contributed by atoms with E-state index in [1.807, 2.05) is 4.90 Å². The largest absolute Gasteiger partial charge is 0.489 e. The second kappa shape index (κ2) is 11.3. The third-order valence-electron chi connectivity index (χ3n) is 5.82. The van der Waals surface area contributed by atoms with Crippen molar-refractivity contribution in [3.63, 3.8) is 0 Å². The van der Waals surface area contributed by atoms with Gasteiger partial charge >= 0.3 is 5.92 Å². The first-order valence-electron chi connectivity index (χ1n) is 11.6. The van der Waals surface area contributed by atoms with E-state index in [0.717, 1.165) is 29.7 Å². The number of aldehydes is 1. The minimum absolute atomic E-state index is 0.118. The molecule has 0 spiro atoms. The molecule has 36 heavy (non-hydrogen) atoms. The van der Waals surface area contributed by atoms with E-state index in [4.69, 9.17) is 4.74 Å². The predicted octanol–water partition coefficient (Wildman–Crippen LogP) is 3.16. The zero-order valence-electron chi connectivity index (χ0n) is 20.5. The Kier molecular flexibility index (Phi) is 8.39. The van der Waals surface area contributed by atoms with Crippen molar-refractivity contribution in [3.05, 3.63) is 65.5 Å². The van der Waals surface area contributed by atoms with Crippen LogP contribution in [0.15, 0.2) is 43.1 Å². The van der Waals surface area contributed by atoms with Crippen LogP contribution in [-0.4, -0.2) is 47.2 Å². The molecule has 1 aromatic carbocycles. The van der Waals surface area contributed by atoms with Crippen molar-refractivity contribution in [2.45, 2.75) is 57.8 Å². The number of carbonyl (C=O) groups excluding carboxylic acids is 3. The molecule has 192 valence electrons. The SMILES string of the molecule is C=C1c2ccc(CNC(=O)C(F)(F)c3ccc(OC(C)C)cn3)cc2CN1C(CCC=O)C(=O)NC. The van der Waals surface area contributed by atoms with Crippen LogP contribution in [0.25, 0.3) is 5.70 Å². The van der Waals surface area contributed by atoms with Gasteiger partial charge in [0.1, 0.15) is 23.8 Å². The number of rotatable bonds is 11. The van der Waals surface area contributed by atoms with E-state index in [1.54, 1.807) is 32.0 Å². The summed E-state index contributed by atoms with van der Waals surface area (Å²) in [6.45, 7) is 7.95. The standard InChI is InChI=1S/C26H30F2N4O4/c1-16(2)36-20-8-10-23(30-14-20)26(27,28)25(35)31-13-18-7-9-21-17(3)32(15-19(21)12-18)22(6-5-11-33)24(34)29-4/h7-12,14,16,22H,3,5-6,13,15H2,1-2,4H3,(H,29,34)(H,31,35). The average molecular weight is 501 g/mol. The molecule has 0 saturated heterocycles. The molecule has 1 atom stereocenters. The number of alkyl halides is 2. The van der Waals surface area contributed by atoms with Crippen LogP contribution in [0.2, 0.25) is 0 Å². The quantitative estimate of drug-likeness (QED) is 0.460. The zero-order valence-corrected chi connectivity index (χ0v) is 20.5. The summed E-state index contributed by atoms with van der Waals surface area (Å²) in [4.78, 5) is 41.1.